The highest BCUT2D eigenvalue weighted by molar-refractivity contribution is 6.29. The topological polar surface area (TPSA) is 142 Å². The minimum absolute atomic E-state index is 0.0741. The molecule has 2 aliphatic heterocycles. The Morgan fingerprint density at radius 2 is 1.90 bits per heavy atom. The fourth-order valence-corrected chi connectivity index (χ4v) is 6.19. The minimum atomic E-state index is -0.0741. The molecular weight excluding hydrogens is 544 g/mol. The Kier molecular flexibility index (Phi) is 7.94. The van der Waals surface area contributed by atoms with Crippen LogP contribution in [0, 0.1) is 0 Å². The van der Waals surface area contributed by atoms with Crippen LogP contribution in [-0.4, -0.2) is 92.2 Å². The van der Waals surface area contributed by atoms with Crippen LogP contribution in [0.2, 0.25) is 5.15 Å². The second-order valence-corrected chi connectivity index (χ2v) is 11.4. The number of nitrogens with one attached hydrogen (secondary N) is 1. The van der Waals surface area contributed by atoms with Gasteiger partial charge in [0, 0.05) is 57.3 Å². The SMILES string of the molecule is CCNc1nnc(-c2cnc(N3CCN(C4CCN(C(=O)c5ccc(Cl)nc5N)CC4)[C@@H](CC)C3)c(C3CC3)n2)o1. The van der Waals surface area contributed by atoms with Gasteiger partial charge in [-0.15, -0.1) is 5.10 Å². The first-order valence-corrected chi connectivity index (χ1v) is 15.0. The second kappa shape index (κ2) is 11.8. The summed E-state index contributed by atoms with van der Waals surface area (Å²) in [6.45, 7) is 9.09. The van der Waals surface area contributed by atoms with Crippen LogP contribution in [0.25, 0.3) is 11.6 Å². The average molecular weight is 581 g/mol. The van der Waals surface area contributed by atoms with Crippen molar-refractivity contribution in [1.29, 1.82) is 0 Å². The third kappa shape index (κ3) is 5.80. The molecular formula is C28H37ClN10O2. The van der Waals surface area contributed by atoms with Crippen molar-refractivity contribution in [1.82, 2.24) is 34.9 Å². The number of aromatic nitrogens is 5. The molecule has 1 saturated carbocycles. The molecule has 0 aromatic carbocycles. The summed E-state index contributed by atoms with van der Waals surface area (Å²) < 4.78 is 5.73. The number of halogens is 1. The zero-order valence-electron chi connectivity index (χ0n) is 23.6. The molecule has 0 spiro atoms. The number of nitrogens with two attached hydrogens (primary N) is 1. The Balaban J connectivity index is 1.11. The number of hydrogen-bond donors (Lipinski definition) is 2. The highest BCUT2D eigenvalue weighted by atomic mass is 35.5. The van der Waals surface area contributed by atoms with E-state index in [1.807, 2.05) is 11.8 Å². The van der Waals surface area contributed by atoms with Crippen LogP contribution < -0.4 is 16.0 Å². The Morgan fingerprint density at radius 3 is 2.61 bits per heavy atom. The van der Waals surface area contributed by atoms with E-state index in [0.29, 0.717) is 66.0 Å². The van der Waals surface area contributed by atoms with Crippen molar-refractivity contribution < 1.29 is 9.21 Å². The molecule has 218 valence electrons. The zero-order chi connectivity index (χ0) is 28.5. The Labute approximate surface area is 244 Å². The van der Waals surface area contributed by atoms with Crippen molar-refractivity contribution in [3.8, 4) is 11.6 Å². The normalized spacial score (nSPS) is 20.4. The van der Waals surface area contributed by atoms with Gasteiger partial charge < -0.3 is 25.3 Å². The van der Waals surface area contributed by atoms with Crippen molar-refractivity contribution in [2.75, 3.05) is 55.2 Å². The predicted octanol–water partition coefficient (Wildman–Crippen LogP) is 3.67. The van der Waals surface area contributed by atoms with E-state index in [0.717, 1.165) is 63.3 Å². The number of likely N-dealkylation sites (tertiary alicyclic amines) is 1. The van der Waals surface area contributed by atoms with Crippen molar-refractivity contribution >= 4 is 35.2 Å². The quantitative estimate of drug-likeness (QED) is 0.377. The molecule has 1 amide bonds. The van der Waals surface area contributed by atoms with E-state index in [2.05, 4.69) is 37.2 Å². The lowest BCUT2D eigenvalue weighted by molar-refractivity contribution is 0.0491. The van der Waals surface area contributed by atoms with Crippen molar-refractivity contribution in [3.05, 3.63) is 34.7 Å². The van der Waals surface area contributed by atoms with Gasteiger partial charge in [0.1, 0.15) is 16.7 Å². The number of piperazine rings is 1. The molecule has 6 rings (SSSR count). The first-order valence-electron chi connectivity index (χ1n) is 14.6. The molecule has 3 N–H and O–H groups in total. The molecule has 0 bridgehead atoms. The molecule has 3 aliphatic rings. The first-order chi connectivity index (χ1) is 19.9. The molecule has 3 aromatic rings. The summed E-state index contributed by atoms with van der Waals surface area (Å²) in [6.07, 6.45) is 6.93. The van der Waals surface area contributed by atoms with Crippen LogP contribution in [0.3, 0.4) is 0 Å². The van der Waals surface area contributed by atoms with Crippen molar-refractivity contribution in [2.24, 2.45) is 0 Å². The maximum atomic E-state index is 13.1. The lowest BCUT2D eigenvalue weighted by Crippen LogP contribution is -2.59. The van der Waals surface area contributed by atoms with E-state index in [1.165, 1.54) is 0 Å². The van der Waals surface area contributed by atoms with Crippen LogP contribution in [-0.2, 0) is 0 Å². The van der Waals surface area contributed by atoms with Gasteiger partial charge in [-0.1, -0.05) is 23.6 Å². The third-order valence-electron chi connectivity index (χ3n) is 8.36. The predicted molar refractivity (Wildman–Crippen MR) is 157 cm³/mol. The van der Waals surface area contributed by atoms with Gasteiger partial charge in [0.25, 0.3) is 11.8 Å². The van der Waals surface area contributed by atoms with E-state index in [9.17, 15) is 4.79 Å². The van der Waals surface area contributed by atoms with Crippen LogP contribution >= 0.6 is 11.6 Å². The maximum absolute atomic E-state index is 13.1. The van der Waals surface area contributed by atoms with Crippen LogP contribution in [0.1, 0.15) is 67.9 Å². The number of nitrogen functional groups attached to an aromatic ring is 1. The summed E-state index contributed by atoms with van der Waals surface area (Å²) >= 11 is 5.92. The number of hydrogen-bond acceptors (Lipinski definition) is 11. The van der Waals surface area contributed by atoms with Crippen LogP contribution in [0.5, 0.6) is 0 Å². The number of pyridine rings is 1. The van der Waals surface area contributed by atoms with Gasteiger partial charge in [-0.05, 0) is 51.2 Å². The Hall–Kier alpha value is -3.51. The second-order valence-electron chi connectivity index (χ2n) is 11.0. The van der Waals surface area contributed by atoms with Gasteiger partial charge in [-0.25, -0.2) is 15.0 Å². The molecule has 2 saturated heterocycles. The number of nitrogens with zero attached hydrogens (tertiary/aromatic N) is 8. The monoisotopic (exact) mass is 580 g/mol. The molecule has 3 fully saturated rings. The van der Waals surface area contributed by atoms with E-state index < -0.39 is 0 Å². The van der Waals surface area contributed by atoms with Crippen molar-refractivity contribution in [2.45, 2.75) is 64.0 Å². The van der Waals surface area contributed by atoms with Gasteiger partial charge in [0.2, 0.25) is 0 Å². The number of carbonyl (C=O) groups excluding carboxylic acids is 1. The molecule has 1 atom stereocenters. The maximum Gasteiger partial charge on any atom is 0.315 e. The summed E-state index contributed by atoms with van der Waals surface area (Å²) in [5, 5.41) is 11.5. The minimum Gasteiger partial charge on any atom is -0.402 e. The molecule has 13 heteroatoms. The summed E-state index contributed by atoms with van der Waals surface area (Å²) in [5.41, 5.74) is 8.05. The smallest absolute Gasteiger partial charge is 0.315 e. The molecule has 0 radical (unpaired) electrons. The van der Waals surface area contributed by atoms with Gasteiger partial charge in [-0.2, -0.15) is 0 Å². The fraction of sp³-hybridized carbons (Fsp3) is 0.571. The van der Waals surface area contributed by atoms with Crippen LogP contribution in [0.4, 0.5) is 17.7 Å². The number of piperidine rings is 1. The van der Waals surface area contributed by atoms with E-state index in [-0.39, 0.29) is 11.7 Å². The van der Waals surface area contributed by atoms with Gasteiger partial charge in [0.15, 0.2) is 5.82 Å². The van der Waals surface area contributed by atoms with Gasteiger partial charge in [-0.3, -0.25) is 9.69 Å². The number of carbonyl (C=O) groups is 1. The standard InChI is InChI=1S/C28H37ClN10O2/c1-3-18-16-38(25-23(17-5-6-17)33-21(15-32-25)26-35-36-28(41-26)31-4-2)13-14-39(18)19-9-11-37(12-10-19)27(40)20-7-8-22(29)34-24(20)30/h7-8,15,17-19H,3-6,9-14,16H2,1-2H3,(H2,30,34)(H,31,36)/t18-/m0/s1. The van der Waals surface area contributed by atoms with Gasteiger partial charge >= 0.3 is 6.01 Å². The van der Waals surface area contributed by atoms with E-state index in [4.69, 9.17) is 31.7 Å². The number of rotatable bonds is 8. The third-order valence-corrected chi connectivity index (χ3v) is 8.57. The lowest BCUT2D eigenvalue weighted by atomic mass is 9.97. The Morgan fingerprint density at radius 1 is 1.10 bits per heavy atom. The molecule has 41 heavy (non-hydrogen) atoms. The molecule has 12 nitrogen and oxygen atoms in total. The summed E-state index contributed by atoms with van der Waals surface area (Å²) in [6, 6.07) is 4.51. The lowest BCUT2D eigenvalue weighted by Gasteiger charge is -2.47. The zero-order valence-corrected chi connectivity index (χ0v) is 24.3. The number of amides is 1. The van der Waals surface area contributed by atoms with E-state index in [1.54, 1.807) is 18.3 Å². The van der Waals surface area contributed by atoms with Crippen LogP contribution in [0.15, 0.2) is 22.7 Å². The highest BCUT2D eigenvalue weighted by Crippen LogP contribution is 2.43. The molecule has 5 heterocycles. The molecule has 3 aromatic heterocycles. The highest BCUT2D eigenvalue weighted by Gasteiger charge is 2.37. The largest absolute Gasteiger partial charge is 0.402 e. The molecule has 1 aliphatic carbocycles. The van der Waals surface area contributed by atoms with E-state index >= 15 is 0 Å². The number of anilines is 3. The van der Waals surface area contributed by atoms with Gasteiger partial charge in [0.05, 0.1) is 17.5 Å². The van der Waals surface area contributed by atoms with Crippen molar-refractivity contribution in [3.63, 3.8) is 0 Å². The summed E-state index contributed by atoms with van der Waals surface area (Å²) in [4.78, 5) is 33.9. The summed E-state index contributed by atoms with van der Waals surface area (Å²) in [5.74, 6) is 1.91. The summed E-state index contributed by atoms with van der Waals surface area (Å²) in [7, 11) is 0. The average Bonchev–Trinajstić information content (AvgIpc) is 3.74. The first kappa shape index (κ1) is 27.6. The Bertz CT molecular complexity index is 1390. The molecule has 0 unspecified atom stereocenters. The fourth-order valence-electron chi connectivity index (χ4n) is 6.03.